The molecule has 0 radical (unpaired) electrons. The van der Waals surface area contributed by atoms with E-state index in [1.807, 2.05) is 0 Å². The van der Waals surface area contributed by atoms with Crippen LogP contribution in [-0.2, 0) is 14.3 Å². The van der Waals surface area contributed by atoms with Gasteiger partial charge in [0.05, 0.1) is 34.0 Å². The molecule has 2 rings (SSSR count). The number of hydrogen-bond acceptors (Lipinski definition) is 3. The molecule has 0 aromatic heterocycles. The molecular formula is C19H18Br2F2O3. The SMILES string of the molecule is COCC(C(=O)C(COC)c1ccc(Br)c(F)c1)c1ccc(Br)c(F)c1. The first-order chi connectivity index (χ1) is 12.4. The molecule has 7 heteroatoms. The molecule has 0 bridgehead atoms. The second kappa shape index (κ2) is 9.69. The summed E-state index contributed by atoms with van der Waals surface area (Å²) in [5.74, 6) is -2.55. The summed E-state index contributed by atoms with van der Waals surface area (Å²) in [5.41, 5.74) is 0.993. The molecule has 0 saturated heterocycles. The van der Waals surface area contributed by atoms with Gasteiger partial charge in [0.2, 0.25) is 0 Å². The number of carbonyl (C=O) groups excluding carboxylic acids is 1. The molecule has 26 heavy (non-hydrogen) atoms. The van der Waals surface area contributed by atoms with Crippen LogP contribution in [0.2, 0.25) is 0 Å². The van der Waals surface area contributed by atoms with Crippen LogP contribution in [0.15, 0.2) is 45.3 Å². The Morgan fingerprint density at radius 1 is 0.885 bits per heavy atom. The number of carbonyl (C=O) groups is 1. The molecule has 3 nitrogen and oxygen atoms in total. The lowest BCUT2D eigenvalue weighted by molar-refractivity contribution is -0.124. The number of methoxy groups -OCH3 is 2. The van der Waals surface area contributed by atoms with E-state index in [0.717, 1.165) is 0 Å². The number of ether oxygens (including phenoxy) is 2. The highest BCUT2D eigenvalue weighted by molar-refractivity contribution is 9.10. The Morgan fingerprint density at radius 3 is 1.58 bits per heavy atom. The van der Waals surface area contributed by atoms with Crippen LogP contribution in [0.3, 0.4) is 0 Å². The quantitative estimate of drug-likeness (QED) is 0.508. The van der Waals surface area contributed by atoms with Crippen molar-refractivity contribution in [3.05, 3.63) is 68.1 Å². The second-order valence-electron chi connectivity index (χ2n) is 5.77. The summed E-state index contributed by atoms with van der Waals surface area (Å²) in [4.78, 5) is 13.2. The summed E-state index contributed by atoms with van der Waals surface area (Å²) in [7, 11) is 2.94. The maximum Gasteiger partial charge on any atom is 0.152 e. The van der Waals surface area contributed by atoms with Crippen molar-refractivity contribution in [3.8, 4) is 0 Å². The fraction of sp³-hybridized carbons (Fsp3) is 0.316. The van der Waals surface area contributed by atoms with E-state index < -0.39 is 23.5 Å². The van der Waals surface area contributed by atoms with Gasteiger partial charge in [-0.1, -0.05) is 12.1 Å². The van der Waals surface area contributed by atoms with Crippen LogP contribution in [0.5, 0.6) is 0 Å². The van der Waals surface area contributed by atoms with Gasteiger partial charge in [0.15, 0.2) is 5.78 Å². The van der Waals surface area contributed by atoms with Crippen LogP contribution < -0.4 is 0 Å². The summed E-state index contributed by atoms with van der Waals surface area (Å²) in [6, 6.07) is 9.04. The highest BCUT2D eigenvalue weighted by Gasteiger charge is 2.30. The fourth-order valence-corrected chi connectivity index (χ4v) is 3.21. The molecule has 0 N–H and O–H groups in total. The zero-order valence-corrected chi connectivity index (χ0v) is 17.4. The number of benzene rings is 2. The largest absolute Gasteiger partial charge is 0.384 e. The van der Waals surface area contributed by atoms with Crippen molar-refractivity contribution in [2.45, 2.75) is 11.8 Å². The molecule has 2 aromatic carbocycles. The van der Waals surface area contributed by atoms with Crippen molar-refractivity contribution in [3.63, 3.8) is 0 Å². The van der Waals surface area contributed by atoms with Crippen LogP contribution >= 0.6 is 31.9 Å². The summed E-state index contributed by atoms with van der Waals surface area (Å²) >= 11 is 6.20. The van der Waals surface area contributed by atoms with Gasteiger partial charge in [-0.2, -0.15) is 0 Å². The molecule has 0 amide bonds. The molecular weight excluding hydrogens is 474 g/mol. The lowest BCUT2D eigenvalue weighted by atomic mass is 9.84. The van der Waals surface area contributed by atoms with Crippen molar-refractivity contribution in [1.82, 2.24) is 0 Å². The standard InChI is InChI=1S/C19H18Br2F2O3/c1-25-9-13(11-3-5-15(20)17(22)7-11)19(24)14(10-26-2)12-4-6-16(21)18(23)8-12/h3-8,13-14H,9-10H2,1-2H3. The van der Waals surface area contributed by atoms with Crippen LogP contribution in [0.4, 0.5) is 8.78 Å². The predicted octanol–water partition coefficient (Wildman–Crippen LogP) is 5.22. The van der Waals surface area contributed by atoms with Gasteiger partial charge in [-0.05, 0) is 67.3 Å². The Bertz CT molecular complexity index is 720. The Balaban J connectivity index is 2.42. The van der Waals surface area contributed by atoms with Crippen molar-refractivity contribution in [2.24, 2.45) is 0 Å². The maximum atomic E-state index is 13.9. The predicted molar refractivity (Wildman–Crippen MR) is 102 cm³/mol. The third kappa shape index (κ3) is 4.97. The first-order valence-corrected chi connectivity index (χ1v) is 9.39. The van der Waals surface area contributed by atoms with Crippen molar-refractivity contribution in [1.29, 1.82) is 0 Å². The molecule has 0 aliphatic carbocycles. The molecule has 2 aromatic rings. The highest BCUT2D eigenvalue weighted by atomic mass is 79.9. The van der Waals surface area contributed by atoms with Gasteiger partial charge in [-0.25, -0.2) is 8.78 Å². The molecule has 0 aliphatic heterocycles. The first kappa shape index (κ1) is 21.2. The third-order valence-electron chi connectivity index (χ3n) is 4.05. The van der Waals surface area contributed by atoms with Crippen LogP contribution in [0.25, 0.3) is 0 Å². The Morgan fingerprint density at radius 2 is 1.27 bits per heavy atom. The minimum atomic E-state index is -0.700. The molecule has 0 heterocycles. The minimum absolute atomic E-state index is 0.0825. The minimum Gasteiger partial charge on any atom is -0.384 e. The summed E-state index contributed by atoms with van der Waals surface area (Å²) in [6.07, 6.45) is 0. The zero-order chi connectivity index (χ0) is 19.3. The summed E-state index contributed by atoms with van der Waals surface area (Å²) in [6.45, 7) is 0.165. The van der Waals surface area contributed by atoms with E-state index in [1.54, 1.807) is 24.3 Å². The van der Waals surface area contributed by atoms with Gasteiger partial charge < -0.3 is 9.47 Å². The number of Topliss-reactive ketones (excluding diaryl/α,β-unsaturated/α-hetero) is 1. The van der Waals surface area contributed by atoms with Gasteiger partial charge in [0, 0.05) is 14.2 Å². The lowest BCUT2D eigenvalue weighted by Crippen LogP contribution is -2.27. The smallest absolute Gasteiger partial charge is 0.152 e. The van der Waals surface area contributed by atoms with Gasteiger partial charge in [-0.15, -0.1) is 0 Å². The topological polar surface area (TPSA) is 35.5 Å². The molecule has 0 aliphatic rings. The molecule has 0 fully saturated rings. The van der Waals surface area contributed by atoms with E-state index in [2.05, 4.69) is 31.9 Å². The van der Waals surface area contributed by atoms with Gasteiger partial charge in [0.1, 0.15) is 11.6 Å². The van der Waals surface area contributed by atoms with Gasteiger partial charge in [0.25, 0.3) is 0 Å². The summed E-state index contributed by atoms with van der Waals surface area (Å²) < 4.78 is 38.9. The van der Waals surface area contributed by atoms with Gasteiger partial charge >= 0.3 is 0 Å². The van der Waals surface area contributed by atoms with Crippen LogP contribution in [0, 0.1) is 11.6 Å². The molecule has 0 saturated carbocycles. The molecule has 0 spiro atoms. The van der Waals surface area contributed by atoms with Crippen molar-refractivity contribution < 1.29 is 23.0 Å². The average Bonchev–Trinajstić information content (AvgIpc) is 2.62. The van der Waals surface area contributed by atoms with E-state index in [4.69, 9.17) is 9.47 Å². The van der Waals surface area contributed by atoms with E-state index in [9.17, 15) is 13.6 Å². The van der Waals surface area contributed by atoms with E-state index >= 15 is 0 Å². The number of rotatable bonds is 8. The Kier molecular flexibility index (Phi) is 7.88. The number of halogens is 4. The van der Waals surface area contributed by atoms with E-state index in [1.165, 1.54) is 26.4 Å². The normalized spacial score (nSPS) is 13.5. The zero-order valence-electron chi connectivity index (χ0n) is 14.3. The van der Waals surface area contributed by atoms with Gasteiger partial charge in [-0.3, -0.25) is 4.79 Å². The highest BCUT2D eigenvalue weighted by Crippen LogP contribution is 2.30. The van der Waals surface area contributed by atoms with Crippen molar-refractivity contribution >= 4 is 37.6 Å². The fourth-order valence-electron chi connectivity index (χ4n) is 2.72. The van der Waals surface area contributed by atoms with E-state index in [-0.39, 0.29) is 19.0 Å². The van der Waals surface area contributed by atoms with E-state index in [0.29, 0.717) is 20.1 Å². The molecule has 140 valence electrons. The van der Waals surface area contributed by atoms with Crippen LogP contribution in [-0.4, -0.2) is 33.2 Å². The second-order valence-corrected chi connectivity index (χ2v) is 7.47. The average molecular weight is 492 g/mol. The number of ketones is 1. The molecule has 2 atom stereocenters. The Hall–Kier alpha value is -1.15. The third-order valence-corrected chi connectivity index (χ3v) is 5.33. The van der Waals surface area contributed by atoms with Crippen LogP contribution in [0.1, 0.15) is 23.0 Å². The monoisotopic (exact) mass is 490 g/mol. The van der Waals surface area contributed by atoms with Crippen molar-refractivity contribution in [2.75, 3.05) is 27.4 Å². The molecule has 2 unspecified atom stereocenters. The lowest BCUT2D eigenvalue weighted by Gasteiger charge is -2.23. The Labute approximate surface area is 167 Å². The maximum absolute atomic E-state index is 13.9. The first-order valence-electron chi connectivity index (χ1n) is 7.80. The number of hydrogen-bond donors (Lipinski definition) is 0. The summed E-state index contributed by atoms with van der Waals surface area (Å²) in [5, 5.41) is 0.